The Labute approximate surface area is 166 Å². The van der Waals surface area contributed by atoms with Crippen molar-refractivity contribution in [3.63, 3.8) is 0 Å². The van der Waals surface area contributed by atoms with Gasteiger partial charge in [0.15, 0.2) is 0 Å². The zero-order chi connectivity index (χ0) is 17.4. The number of nitriles is 1. The van der Waals surface area contributed by atoms with Crippen molar-refractivity contribution in [2.75, 3.05) is 32.8 Å². The monoisotopic (exact) mass is 412 g/mol. The Morgan fingerprint density at radius 1 is 0.962 bits per heavy atom. The average Bonchev–Trinajstić information content (AvgIpc) is 3.22. The molecule has 0 unspecified atom stereocenters. The molecule has 0 aliphatic carbocycles. The highest BCUT2D eigenvalue weighted by Gasteiger charge is 2.66. The maximum atomic E-state index is 10.6. The van der Waals surface area contributed by atoms with Crippen molar-refractivity contribution in [1.82, 2.24) is 0 Å². The molecule has 26 heavy (non-hydrogen) atoms. The molecule has 4 heteroatoms. The molecule has 2 bridgehead atoms. The summed E-state index contributed by atoms with van der Waals surface area (Å²) in [4.78, 5) is 0. The highest BCUT2D eigenvalue weighted by atomic mass is 79.9. The minimum atomic E-state index is -0.624. The van der Waals surface area contributed by atoms with Gasteiger partial charge in [0.25, 0.3) is 0 Å². The van der Waals surface area contributed by atoms with Crippen molar-refractivity contribution in [2.24, 2.45) is 5.41 Å². The molecule has 0 saturated carbocycles. The third-order valence-electron chi connectivity index (χ3n) is 6.72. The van der Waals surface area contributed by atoms with Crippen molar-refractivity contribution in [2.45, 2.75) is 18.3 Å². The smallest absolute Gasteiger partial charge is 0.118 e. The Kier molecular flexibility index (Phi) is 5.25. The van der Waals surface area contributed by atoms with Crippen LogP contribution in [0.1, 0.15) is 24.0 Å². The molecule has 2 aromatic rings. The van der Waals surface area contributed by atoms with Crippen molar-refractivity contribution < 1.29 is 26.6 Å². The van der Waals surface area contributed by atoms with Crippen LogP contribution in [0.15, 0.2) is 60.7 Å². The predicted molar refractivity (Wildman–Crippen MR) is 97.8 cm³/mol. The first-order valence-corrected chi connectivity index (χ1v) is 9.19. The van der Waals surface area contributed by atoms with Crippen LogP contribution in [-0.2, 0) is 5.41 Å². The molecule has 0 aromatic heterocycles. The highest BCUT2D eigenvalue weighted by molar-refractivity contribution is 5.49. The number of rotatable bonds is 5. The lowest BCUT2D eigenvalue weighted by Gasteiger charge is -2.41. The fourth-order valence-corrected chi connectivity index (χ4v) is 5.51. The van der Waals surface area contributed by atoms with E-state index < -0.39 is 5.41 Å². The molecule has 0 atom stereocenters. The van der Waals surface area contributed by atoms with E-state index in [1.54, 1.807) is 0 Å². The highest BCUT2D eigenvalue weighted by Crippen LogP contribution is 2.59. The quantitative estimate of drug-likeness (QED) is 0.707. The van der Waals surface area contributed by atoms with Crippen molar-refractivity contribution >= 4 is 0 Å². The molecule has 1 N–H and O–H groups in total. The van der Waals surface area contributed by atoms with Crippen molar-refractivity contribution in [3.05, 3.63) is 71.8 Å². The van der Waals surface area contributed by atoms with E-state index in [9.17, 15) is 10.4 Å². The molecular formula is C22H25BrN2O. The van der Waals surface area contributed by atoms with Crippen LogP contribution < -0.4 is 17.0 Å². The number of hydrogen-bond donors (Lipinski definition) is 1. The molecule has 2 aliphatic rings. The Bertz CT molecular complexity index is 737. The second-order valence-corrected chi connectivity index (χ2v) is 7.77. The second-order valence-electron chi connectivity index (χ2n) is 7.77. The van der Waals surface area contributed by atoms with Gasteiger partial charge in [0, 0.05) is 12.8 Å². The SMILES string of the molecule is N#CC(c1ccccc1)(c1ccccc1)C12CC[N+](CCO)(CC1)C2.[Br-]. The topological polar surface area (TPSA) is 44.0 Å². The first-order valence-electron chi connectivity index (χ1n) is 9.19. The largest absolute Gasteiger partial charge is 1.00 e. The number of fused-ring (bicyclic) bond motifs is 2. The molecule has 0 amide bonds. The van der Waals surface area contributed by atoms with E-state index in [4.69, 9.17) is 0 Å². The van der Waals surface area contributed by atoms with Crippen LogP contribution in [0.5, 0.6) is 0 Å². The first kappa shape index (κ1) is 19.1. The Morgan fingerprint density at radius 3 is 1.88 bits per heavy atom. The van der Waals surface area contributed by atoms with Gasteiger partial charge in [-0.3, -0.25) is 0 Å². The van der Waals surface area contributed by atoms with Crippen molar-refractivity contribution in [1.29, 1.82) is 5.26 Å². The molecule has 136 valence electrons. The molecule has 4 rings (SSSR count). The van der Waals surface area contributed by atoms with Gasteiger partial charge in [-0.1, -0.05) is 60.7 Å². The van der Waals surface area contributed by atoms with E-state index in [1.807, 2.05) is 36.4 Å². The van der Waals surface area contributed by atoms with Gasteiger partial charge in [-0.15, -0.1) is 0 Å². The summed E-state index contributed by atoms with van der Waals surface area (Å²) in [6.07, 6.45) is 2.09. The number of quaternary nitrogens is 1. The Morgan fingerprint density at radius 2 is 1.46 bits per heavy atom. The van der Waals surface area contributed by atoms with Crippen LogP contribution in [0.2, 0.25) is 0 Å². The third kappa shape index (κ3) is 2.62. The summed E-state index contributed by atoms with van der Waals surface area (Å²) in [5.74, 6) is 0. The van der Waals surface area contributed by atoms with Crippen molar-refractivity contribution in [3.8, 4) is 6.07 Å². The minimum Gasteiger partial charge on any atom is -1.00 e. The summed E-state index contributed by atoms with van der Waals surface area (Å²) in [6.45, 7) is 4.18. The number of nitrogens with zero attached hydrogens (tertiary/aromatic N) is 2. The lowest BCUT2D eigenvalue weighted by molar-refractivity contribution is -0.909. The number of benzene rings is 2. The Balaban J connectivity index is 0.00000196. The van der Waals surface area contributed by atoms with Crippen LogP contribution in [-0.4, -0.2) is 42.4 Å². The summed E-state index contributed by atoms with van der Waals surface area (Å²) in [7, 11) is 0. The summed E-state index contributed by atoms with van der Waals surface area (Å²) in [6, 6.07) is 23.5. The van der Waals surface area contributed by atoms with E-state index in [1.165, 1.54) is 0 Å². The van der Waals surface area contributed by atoms with Gasteiger partial charge in [0.05, 0.1) is 37.7 Å². The van der Waals surface area contributed by atoms with Crippen LogP contribution in [0.4, 0.5) is 0 Å². The van der Waals surface area contributed by atoms with Gasteiger partial charge in [0.1, 0.15) is 12.0 Å². The fraction of sp³-hybridized carbons (Fsp3) is 0.409. The summed E-state index contributed by atoms with van der Waals surface area (Å²) in [5.41, 5.74) is 1.53. The van der Waals surface area contributed by atoms with E-state index in [0.717, 1.165) is 54.6 Å². The molecular weight excluding hydrogens is 388 g/mol. The zero-order valence-electron chi connectivity index (χ0n) is 14.9. The number of piperidine rings is 1. The van der Waals surface area contributed by atoms with E-state index >= 15 is 0 Å². The third-order valence-corrected chi connectivity index (χ3v) is 6.72. The minimum absolute atomic E-state index is 0. The van der Waals surface area contributed by atoms with Gasteiger partial charge in [0.2, 0.25) is 0 Å². The summed E-state index contributed by atoms with van der Waals surface area (Å²) >= 11 is 0. The van der Waals surface area contributed by atoms with Gasteiger partial charge < -0.3 is 26.6 Å². The molecule has 0 radical (unpaired) electrons. The van der Waals surface area contributed by atoms with Gasteiger partial charge in [-0.2, -0.15) is 5.26 Å². The van der Waals surface area contributed by atoms with E-state index in [2.05, 4.69) is 30.3 Å². The average molecular weight is 413 g/mol. The van der Waals surface area contributed by atoms with Gasteiger partial charge >= 0.3 is 0 Å². The number of aliphatic hydroxyl groups excluding tert-OH is 1. The van der Waals surface area contributed by atoms with Crippen LogP contribution in [0.25, 0.3) is 0 Å². The maximum Gasteiger partial charge on any atom is 0.118 e. The fourth-order valence-electron chi connectivity index (χ4n) is 5.51. The molecule has 2 heterocycles. The number of halogens is 1. The maximum absolute atomic E-state index is 10.6. The summed E-state index contributed by atoms with van der Waals surface area (Å²) < 4.78 is 0.972. The van der Waals surface area contributed by atoms with Gasteiger partial charge in [-0.05, 0) is 11.1 Å². The summed E-state index contributed by atoms with van der Waals surface area (Å²) in [5, 5.41) is 20.1. The molecule has 2 fully saturated rings. The molecule has 0 spiro atoms. The first-order chi connectivity index (χ1) is 12.2. The van der Waals surface area contributed by atoms with Gasteiger partial charge in [-0.25, -0.2) is 0 Å². The van der Waals surface area contributed by atoms with Crippen LogP contribution >= 0.6 is 0 Å². The normalized spacial score (nSPS) is 26.9. The standard InChI is InChI=1S/C22H25N2O.BrH/c23-17-22(19-7-3-1-4-8-19,20-9-5-2-6-10-20)21-11-13-24(18-21,14-12-21)15-16-25;/h1-10,25H,11-16,18H2;1H/q+1;/p-1. The van der Waals surface area contributed by atoms with Crippen LogP contribution in [0, 0.1) is 16.7 Å². The molecule has 2 aromatic carbocycles. The lowest BCUT2D eigenvalue weighted by Crippen LogP contribution is -3.00. The zero-order valence-corrected chi connectivity index (χ0v) is 16.5. The van der Waals surface area contributed by atoms with E-state index in [-0.39, 0.29) is 29.0 Å². The van der Waals surface area contributed by atoms with Crippen LogP contribution in [0.3, 0.4) is 0 Å². The molecule has 2 aliphatic heterocycles. The number of hydrogen-bond acceptors (Lipinski definition) is 2. The molecule has 3 nitrogen and oxygen atoms in total. The predicted octanol–water partition coefficient (Wildman–Crippen LogP) is 0.103. The van der Waals surface area contributed by atoms with E-state index in [0.29, 0.717) is 0 Å². The molecule has 2 saturated heterocycles. The number of aliphatic hydroxyl groups is 1. The Hall–Kier alpha value is -1.67. The second kappa shape index (κ2) is 7.15. The lowest BCUT2D eigenvalue weighted by atomic mass is 9.56.